The largest absolute Gasteiger partial charge is 0.378 e. The highest BCUT2D eigenvalue weighted by Crippen LogP contribution is 2.30. The first kappa shape index (κ1) is 12.3. The van der Waals surface area contributed by atoms with Crippen molar-refractivity contribution in [3.8, 4) is 0 Å². The Bertz CT molecular complexity index is 361. The Balaban J connectivity index is 1.97. The van der Waals surface area contributed by atoms with Crippen molar-refractivity contribution in [2.24, 2.45) is 5.92 Å². The number of hydrogen-bond acceptors (Lipinski definition) is 2. The Morgan fingerprint density at radius 3 is 3.12 bits per heavy atom. The molecule has 2 nitrogen and oxygen atoms in total. The van der Waals surface area contributed by atoms with E-state index in [9.17, 15) is 0 Å². The fraction of sp³-hybridized carbons (Fsp3) is 0.583. The van der Waals surface area contributed by atoms with Crippen molar-refractivity contribution >= 4 is 27.5 Å². The Morgan fingerprint density at radius 2 is 2.50 bits per heavy atom. The molecule has 1 aliphatic heterocycles. The molecule has 0 aliphatic carbocycles. The van der Waals surface area contributed by atoms with E-state index in [4.69, 9.17) is 16.3 Å². The number of hydrogen-bond donors (Lipinski definition) is 0. The van der Waals surface area contributed by atoms with Crippen LogP contribution in [0.3, 0.4) is 0 Å². The zero-order valence-electron chi connectivity index (χ0n) is 9.20. The first-order chi connectivity index (χ1) is 7.66. The second-order valence-electron chi connectivity index (χ2n) is 4.33. The highest BCUT2D eigenvalue weighted by molar-refractivity contribution is 9.09. The van der Waals surface area contributed by atoms with Gasteiger partial charge in [0.1, 0.15) is 0 Å². The summed E-state index contributed by atoms with van der Waals surface area (Å²) in [6, 6.07) is 1.98. The number of rotatable bonds is 3. The second-order valence-corrected chi connectivity index (χ2v) is 5.91. The summed E-state index contributed by atoms with van der Waals surface area (Å²) in [6.45, 7) is 2.97. The summed E-state index contributed by atoms with van der Waals surface area (Å²) in [4.78, 5) is 4.42. The Morgan fingerprint density at radius 1 is 1.69 bits per heavy atom. The molecule has 0 saturated carbocycles. The lowest BCUT2D eigenvalue weighted by atomic mass is 9.97. The first-order valence-electron chi connectivity index (χ1n) is 5.51. The van der Waals surface area contributed by atoms with Gasteiger partial charge in [-0.2, -0.15) is 0 Å². The van der Waals surface area contributed by atoms with Crippen LogP contribution in [-0.4, -0.2) is 22.5 Å². The van der Waals surface area contributed by atoms with Crippen LogP contribution in [0.4, 0.5) is 0 Å². The zero-order chi connectivity index (χ0) is 11.5. The van der Waals surface area contributed by atoms with Crippen molar-refractivity contribution in [3.05, 3.63) is 29.0 Å². The van der Waals surface area contributed by atoms with Crippen LogP contribution in [0, 0.1) is 5.92 Å². The molecular formula is C12H15BrClNO. The van der Waals surface area contributed by atoms with Gasteiger partial charge in [-0.05, 0) is 37.3 Å². The Kier molecular flexibility index (Phi) is 4.22. The first-order valence-corrected chi connectivity index (χ1v) is 6.80. The van der Waals surface area contributed by atoms with Crippen LogP contribution in [0.5, 0.6) is 0 Å². The van der Waals surface area contributed by atoms with E-state index >= 15 is 0 Å². The van der Waals surface area contributed by atoms with Gasteiger partial charge in [0.2, 0.25) is 0 Å². The number of halogens is 2. The molecule has 0 aromatic carbocycles. The fourth-order valence-electron chi connectivity index (χ4n) is 2.05. The van der Waals surface area contributed by atoms with E-state index in [2.05, 4.69) is 27.8 Å². The molecule has 1 aromatic heterocycles. The van der Waals surface area contributed by atoms with Crippen molar-refractivity contribution in [1.82, 2.24) is 4.98 Å². The van der Waals surface area contributed by atoms with Crippen LogP contribution >= 0.6 is 27.5 Å². The summed E-state index contributed by atoms with van der Waals surface area (Å²) in [5, 5.41) is 0.749. The molecule has 88 valence electrons. The predicted octanol–water partition coefficient (Wildman–Crippen LogP) is 3.47. The monoisotopic (exact) mass is 303 g/mol. The SMILES string of the molecule is CC1CC(C(Br)Cc2ccncc2Cl)CO1. The van der Waals surface area contributed by atoms with Crippen molar-refractivity contribution in [2.45, 2.75) is 30.7 Å². The van der Waals surface area contributed by atoms with Gasteiger partial charge in [0.25, 0.3) is 0 Å². The molecule has 0 bridgehead atoms. The average Bonchev–Trinajstić information content (AvgIpc) is 2.68. The van der Waals surface area contributed by atoms with Crippen LogP contribution in [0.25, 0.3) is 0 Å². The van der Waals surface area contributed by atoms with E-state index in [0.29, 0.717) is 16.8 Å². The van der Waals surface area contributed by atoms with Crippen LogP contribution in [0.15, 0.2) is 18.5 Å². The zero-order valence-corrected chi connectivity index (χ0v) is 11.5. The van der Waals surface area contributed by atoms with Crippen LogP contribution in [0.1, 0.15) is 18.9 Å². The van der Waals surface area contributed by atoms with E-state index in [1.165, 1.54) is 0 Å². The molecule has 1 aromatic rings. The summed E-state index contributed by atoms with van der Waals surface area (Å²) < 4.78 is 5.58. The molecule has 0 amide bonds. The smallest absolute Gasteiger partial charge is 0.0621 e. The lowest BCUT2D eigenvalue weighted by Gasteiger charge is -2.16. The minimum Gasteiger partial charge on any atom is -0.378 e. The molecule has 3 atom stereocenters. The molecule has 0 spiro atoms. The van der Waals surface area contributed by atoms with E-state index in [-0.39, 0.29) is 0 Å². The topological polar surface area (TPSA) is 22.1 Å². The van der Waals surface area contributed by atoms with Crippen LogP contribution in [-0.2, 0) is 11.2 Å². The van der Waals surface area contributed by atoms with Crippen molar-refractivity contribution in [3.63, 3.8) is 0 Å². The maximum absolute atomic E-state index is 6.09. The quantitative estimate of drug-likeness (QED) is 0.798. The van der Waals surface area contributed by atoms with Gasteiger partial charge in [0, 0.05) is 17.2 Å². The average molecular weight is 305 g/mol. The third-order valence-electron chi connectivity index (χ3n) is 3.01. The summed E-state index contributed by atoms with van der Waals surface area (Å²) in [6.07, 6.45) is 5.93. The summed E-state index contributed by atoms with van der Waals surface area (Å²) in [5.41, 5.74) is 1.15. The van der Waals surface area contributed by atoms with Gasteiger partial charge in [-0.25, -0.2) is 0 Å². The molecule has 0 N–H and O–H groups in total. The number of nitrogens with zero attached hydrogens (tertiary/aromatic N) is 1. The van der Waals surface area contributed by atoms with E-state index in [1.54, 1.807) is 12.4 Å². The highest BCUT2D eigenvalue weighted by Gasteiger charge is 2.28. The van der Waals surface area contributed by atoms with Gasteiger partial charge in [-0.15, -0.1) is 0 Å². The number of pyridine rings is 1. The standard InChI is InChI=1S/C12H15BrClNO/c1-8-4-10(7-16-8)11(13)5-9-2-3-15-6-12(9)14/h2-3,6,8,10-11H,4-5,7H2,1H3. The molecule has 4 heteroatoms. The van der Waals surface area contributed by atoms with E-state index < -0.39 is 0 Å². The van der Waals surface area contributed by atoms with Crippen molar-refractivity contribution in [2.75, 3.05) is 6.61 Å². The Hall–Kier alpha value is -0.120. The van der Waals surface area contributed by atoms with Gasteiger partial charge in [-0.1, -0.05) is 27.5 Å². The molecule has 1 saturated heterocycles. The molecule has 2 rings (SSSR count). The number of ether oxygens (including phenoxy) is 1. The molecule has 16 heavy (non-hydrogen) atoms. The van der Waals surface area contributed by atoms with E-state index in [1.807, 2.05) is 6.07 Å². The van der Waals surface area contributed by atoms with Gasteiger partial charge < -0.3 is 4.74 Å². The summed E-state index contributed by atoms with van der Waals surface area (Å²) in [5.74, 6) is 0.583. The predicted molar refractivity (Wildman–Crippen MR) is 69.2 cm³/mol. The number of alkyl halides is 1. The van der Waals surface area contributed by atoms with Gasteiger partial charge in [0.05, 0.1) is 17.7 Å². The normalized spacial score (nSPS) is 26.9. The Labute approximate surface area is 109 Å². The third-order valence-corrected chi connectivity index (χ3v) is 4.42. The maximum atomic E-state index is 6.09. The van der Waals surface area contributed by atoms with E-state index in [0.717, 1.165) is 30.0 Å². The second kappa shape index (κ2) is 5.48. The third kappa shape index (κ3) is 2.96. The van der Waals surface area contributed by atoms with Crippen LogP contribution in [0.2, 0.25) is 5.02 Å². The van der Waals surface area contributed by atoms with Gasteiger partial charge in [0.15, 0.2) is 0 Å². The summed E-state index contributed by atoms with van der Waals surface area (Å²) >= 11 is 9.83. The van der Waals surface area contributed by atoms with Gasteiger partial charge >= 0.3 is 0 Å². The maximum Gasteiger partial charge on any atom is 0.0621 e. The minimum atomic E-state index is 0.387. The molecule has 3 unspecified atom stereocenters. The summed E-state index contributed by atoms with van der Waals surface area (Å²) in [7, 11) is 0. The molecular weight excluding hydrogens is 289 g/mol. The number of aromatic nitrogens is 1. The van der Waals surface area contributed by atoms with Gasteiger partial charge in [-0.3, -0.25) is 4.98 Å². The van der Waals surface area contributed by atoms with Crippen molar-refractivity contribution in [1.29, 1.82) is 0 Å². The molecule has 1 aliphatic rings. The lowest BCUT2D eigenvalue weighted by Crippen LogP contribution is -2.17. The minimum absolute atomic E-state index is 0.387. The highest BCUT2D eigenvalue weighted by atomic mass is 79.9. The van der Waals surface area contributed by atoms with Crippen molar-refractivity contribution < 1.29 is 4.74 Å². The molecule has 0 radical (unpaired) electrons. The van der Waals surface area contributed by atoms with Crippen LogP contribution < -0.4 is 0 Å². The molecule has 1 fully saturated rings. The molecule has 2 heterocycles. The lowest BCUT2D eigenvalue weighted by molar-refractivity contribution is 0.120. The fourth-order valence-corrected chi connectivity index (χ4v) is 2.96.